The van der Waals surface area contributed by atoms with Gasteiger partial charge in [0.2, 0.25) is 11.6 Å². The lowest BCUT2D eigenvalue weighted by Crippen LogP contribution is -1.95. The second kappa shape index (κ2) is 8.14. The SMILES string of the molecule is COc1cc(-c2nnc(SCc3cccc(C)c3)o2)cc(OC)c1OC. The van der Waals surface area contributed by atoms with Crippen LogP contribution in [0.2, 0.25) is 0 Å². The molecule has 0 radical (unpaired) electrons. The second-order valence-corrected chi connectivity index (χ2v) is 6.49. The van der Waals surface area contributed by atoms with Gasteiger partial charge >= 0.3 is 0 Å². The van der Waals surface area contributed by atoms with Gasteiger partial charge in [-0.1, -0.05) is 41.6 Å². The largest absolute Gasteiger partial charge is 0.493 e. The van der Waals surface area contributed by atoms with Crippen molar-refractivity contribution in [3.8, 4) is 28.7 Å². The molecule has 0 aliphatic heterocycles. The fourth-order valence-corrected chi connectivity index (χ4v) is 3.24. The van der Waals surface area contributed by atoms with Crippen LogP contribution in [0.25, 0.3) is 11.5 Å². The van der Waals surface area contributed by atoms with Gasteiger partial charge in [-0.3, -0.25) is 0 Å². The minimum absolute atomic E-state index is 0.399. The molecule has 3 aromatic rings. The predicted octanol–water partition coefficient (Wildman–Crippen LogP) is 4.36. The van der Waals surface area contributed by atoms with E-state index in [1.165, 1.54) is 22.9 Å². The summed E-state index contributed by atoms with van der Waals surface area (Å²) in [5, 5.41) is 8.76. The van der Waals surface area contributed by atoms with E-state index in [0.717, 1.165) is 5.75 Å². The molecule has 0 N–H and O–H groups in total. The van der Waals surface area contributed by atoms with Crippen LogP contribution < -0.4 is 14.2 Å². The second-order valence-electron chi connectivity index (χ2n) is 5.56. The average molecular weight is 372 g/mol. The third-order valence-electron chi connectivity index (χ3n) is 3.76. The minimum atomic E-state index is 0.399. The standard InChI is InChI=1S/C19H20N2O4S/c1-12-6-5-7-13(8-12)11-26-19-21-20-18(25-19)14-9-15(22-2)17(24-4)16(10-14)23-3/h5-10H,11H2,1-4H3. The zero-order valence-corrected chi connectivity index (χ0v) is 15.9. The molecule has 0 spiro atoms. The van der Waals surface area contributed by atoms with E-state index in [4.69, 9.17) is 18.6 Å². The van der Waals surface area contributed by atoms with E-state index in [-0.39, 0.29) is 0 Å². The first-order valence-electron chi connectivity index (χ1n) is 7.96. The highest BCUT2D eigenvalue weighted by Gasteiger charge is 2.17. The van der Waals surface area contributed by atoms with Gasteiger partial charge < -0.3 is 18.6 Å². The highest BCUT2D eigenvalue weighted by molar-refractivity contribution is 7.98. The van der Waals surface area contributed by atoms with Crippen molar-refractivity contribution >= 4 is 11.8 Å². The number of benzene rings is 2. The van der Waals surface area contributed by atoms with Crippen molar-refractivity contribution < 1.29 is 18.6 Å². The Hall–Kier alpha value is -2.67. The Morgan fingerprint density at radius 2 is 1.69 bits per heavy atom. The Balaban J connectivity index is 1.81. The van der Waals surface area contributed by atoms with Crippen LogP contribution >= 0.6 is 11.8 Å². The molecule has 0 unspecified atom stereocenters. The van der Waals surface area contributed by atoms with Crippen molar-refractivity contribution in [1.82, 2.24) is 10.2 Å². The van der Waals surface area contributed by atoms with Gasteiger partial charge in [0, 0.05) is 11.3 Å². The molecule has 0 saturated heterocycles. The fourth-order valence-electron chi connectivity index (χ4n) is 2.54. The van der Waals surface area contributed by atoms with Crippen molar-refractivity contribution in [2.75, 3.05) is 21.3 Å². The number of nitrogens with zero attached hydrogens (tertiary/aromatic N) is 2. The molecule has 0 fully saturated rings. The molecule has 0 atom stereocenters. The number of hydrogen-bond acceptors (Lipinski definition) is 7. The molecule has 1 heterocycles. The minimum Gasteiger partial charge on any atom is -0.493 e. The van der Waals surface area contributed by atoms with E-state index < -0.39 is 0 Å². The van der Waals surface area contributed by atoms with Crippen LogP contribution in [-0.2, 0) is 5.75 Å². The van der Waals surface area contributed by atoms with Crippen LogP contribution in [0, 0.1) is 6.92 Å². The Morgan fingerprint density at radius 3 is 2.31 bits per heavy atom. The highest BCUT2D eigenvalue weighted by Crippen LogP contribution is 2.41. The summed E-state index contributed by atoms with van der Waals surface area (Å²) in [4.78, 5) is 0. The average Bonchev–Trinajstić information content (AvgIpc) is 3.14. The van der Waals surface area contributed by atoms with Crippen LogP contribution in [0.3, 0.4) is 0 Å². The first-order chi connectivity index (χ1) is 12.6. The fraction of sp³-hybridized carbons (Fsp3) is 0.263. The number of rotatable bonds is 7. The molecule has 2 aromatic carbocycles. The number of ether oxygens (including phenoxy) is 3. The predicted molar refractivity (Wildman–Crippen MR) is 100 cm³/mol. The quantitative estimate of drug-likeness (QED) is 0.571. The van der Waals surface area contributed by atoms with Crippen molar-refractivity contribution in [1.29, 1.82) is 0 Å². The van der Waals surface area contributed by atoms with Gasteiger partial charge in [-0.25, -0.2) is 0 Å². The summed E-state index contributed by atoms with van der Waals surface area (Å²) in [6.45, 7) is 2.07. The molecule has 3 rings (SSSR count). The van der Waals surface area contributed by atoms with E-state index in [1.54, 1.807) is 33.5 Å². The van der Waals surface area contributed by atoms with Crippen LogP contribution in [0.15, 0.2) is 46.0 Å². The molecule has 26 heavy (non-hydrogen) atoms. The normalized spacial score (nSPS) is 10.6. The van der Waals surface area contributed by atoms with E-state index in [1.807, 2.05) is 6.07 Å². The maximum absolute atomic E-state index is 5.78. The Labute approximate surface area is 156 Å². The summed E-state index contributed by atoms with van der Waals surface area (Å²) in [5.41, 5.74) is 3.14. The number of aromatic nitrogens is 2. The van der Waals surface area contributed by atoms with Crippen LogP contribution in [0.4, 0.5) is 0 Å². The Bertz CT molecular complexity index is 870. The molecule has 0 aliphatic carbocycles. The lowest BCUT2D eigenvalue weighted by molar-refractivity contribution is 0.324. The van der Waals surface area contributed by atoms with E-state index in [2.05, 4.69) is 35.3 Å². The van der Waals surface area contributed by atoms with Gasteiger partial charge in [-0.15, -0.1) is 10.2 Å². The maximum Gasteiger partial charge on any atom is 0.277 e. The highest BCUT2D eigenvalue weighted by atomic mass is 32.2. The summed E-state index contributed by atoms with van der Waals surface area (Å²) < 4.78 is 21.8. The van der Waals surface area contributed by atoms with Gasteiger partial charge in [0.25, 0.3) is 5.22 Å². The molecule has 7 heteroatoms. The van der Waals surface area contributed by atoms with E-state index >= 15 is 0 Å². The molecule has 1 aromatic heterocycles. The Kier molecular flexibility index (Phi) is 5.68. The monoisotopic (exact) mass is 372 g/mol. The summed E-state index contributed by atoms with van der Waals surface area (Å²) in [6.07, 6.45) is 0. The maximum atomic E-state index is 5.78. The van der Waals surface area contributed by atoms with Crippen molar-refractivity contribution in [3.63, 3.8) is 0 Å². The summed E-state index contributed by atoms with van der Waals surface area (Å²) in [6, 6.07) is 11.9. The van der Waals surface area contributed by atoms with Gasteiger partial charge in [-0.2, -0.15) is 0 Å². The number of thioether (sulfide) groups is 1. The third-order valence-corrected chi connectivity index (χ3v) is 4.65. The van der Waals surface area contributed by atoms with E-state index in [9.17, 15) is 0 Å². The van der Waals surface area contributed by atoms with Crippen LogP contribution in [-0.4, -0.2) is 31.5 Å². The van der Waals surface area contributed by atoms with Gasteiger partial charge in [0.05, 0.1) is 21.3 Å². The van der Waals surface area contributed by atoms with Gasteiger partial charge in [-0.05, 0) is 24.6 Å². The lowest BCUT2D eigenvalue weighted by Gasteiger charge is -2.12. The smallest absolute Gasteiger partial charge is 0.277 e. The molecule has 136 valence electrons. The third kappa shape index (κ3) is 3.94. The Morgan fingerprint density at radius 1 is 0.962 bits per heavy atom. The van der Waals surface area contributed by atoms with Gasteiger partial charge in [0.1, 0.15) is 0 Å². The lowest BCUT2D eigenvalue weighted by atomic mass is 10.2. The zero-order chi connectivity index (χ0) is 18.5. The summed E-state index contributed by atoms with van der Waals surface area (Å²) >= 11 is 1.50. The molecule has 6 nitrogen and oxygen atoms in total. The molecule has 0 aliphatic rings. The summed E-state index contributed by atoms with van der Waals surface area (Å²) in [5.74, 6) is 2.75. The topological polar surface area (TPSA) is 66.6 Å². The van der Waals surface area contributed by atoms with Crippen molar-refractivity contribution in [3.05, 3.63) is 47.5 Å². The molecule has 0 bridgehead atoms. The summed E-state index contributed by atoms with van der Waals surface area (Å²) in [7, 11) is 4.70. The first-order valence-corrected chi connectivity index (χ1v) is 8.95. The number of aryl methyl sites for hydroxylation is 1. The van der Waals surface area contributed by atoms with Crippen LogP contribution in [0.1, 0.15) is 11.1 Å². The molecular formula is C19H20N2O4S. The zero-order valence-electron chi connectivity index (χ0n) is 15.1. The molecular weight excluding hydrogens is 352 g/mol. The number of hydrogen-bond donors (Lipinski definition) is 0. The van der Waals surface area contributed by atoms with Crippen molar-refractivity contribution in [2.45, 2.75) is 17.9 Å². The first kappa shape index (κ1) is 18.1. The molecule has 0 saturated carbocycles. The van der Waals surface area contributed by atoms with Crippen LogP contribution in [0.5, 0.6) is 17.2 Å². The molecule has 0 amide bonds. The number of methoxy groups -OCH3 is 3. The van der Waals surface area contributed by atoms with Gasteiger partial charge in [0.15, 0.2) is 11.5 Å². The van der Waals surface area contributed by atoms with E-state index in [0.29, 0.717) is 33.9 Å². The van der Waals surface area contributed by atoms with Crippen molar-refractivity contribution in [2.24, 2.45) is 0 Å².